The molecule has 0 aliphatic rings. The standard InChI is InChI=1S/C17H24N2OS/c1-4-17(5-2,21-3)13-19-16(20)15-10-8-14(9-11-15)7-6-12-18/h8-11H,4-5,12-13,18H2,1-3H3,(H,19,20). The number of thioether (sulfide) groups is 1. The summed E-state index contributed by atoms with van der Waals surface area (Å²) in [4.78, 5) is 12.2. The van der Waals surface area contributed by atoms with Crippen LogP contribution in [-0.4, -0.2) is 30.0 Å². The minimum Gasteiger partial charge on any atom is -0.351 e. The van der Waals surface area contributed by atoms with Crippen molar-refractivity contribution in [3.05, 3.63) is 35.4 Å². The molecule has 0 fully saturated rings. The topological polar surface area (TPSA) is 55.1 Å². The Labute approximate surface area is 132 Å². The third-order valence-corrected chi connectivity index (χ3v) is 5.36. The molecule has 0 aliphatic heterocycles. The molecule has 3 N–H and O–H groups in total. The maximum Gasteiger partial charge on any atom is 0.251 e. The lowest BCUT2D eigenvalue weighted by Gasteiger charge is -2.29. The average molecular weight is 304 g/mol. The third-order valence-electron chi connectivity index (χ3n) is 3.77. The summed E-state index contributed by atoms with van der Waals surface area (Å²) in [5.74, 6) is 5.71. The van der Waals surface area contributed by atoms with Crippen LogP contribution in [-0.2, 0) is 0 Å². The number of nitrogens with two attached hydrogens (primary N) is 1. The molecule has 1 rings (SSSR count). The molecule has 0 spiro atoms. The van der Waals surface area contributed by atoms with Crippen molar-refractivity contribution in [1.82, 2.24) is 5.32 Å². The molecule has 0 aromatic heterocycles. The fourth-order valence-electron chi connectivity index (χ4n) is 2.06. The van der Waals surface area contributed by atoms with Gasteiger partial charge in [-0.3, -0.25) is 4.79 Å². The molecule has 4 heteroatoms. The van der Waals surface area contributed by atoms with E-state index in [1.54, 1.807) is 12.1 Å². The van der Waals surface area contributed by atoms with Gasteiger partial charge in [0.05, 0.1) is 6.54 Å². The van der Waals surface area contributed by atoms with Gasteiger partial charge in [-0.15, -0.1) is 0 Å². The number of amides is 1. The van der Waals surface area contributed by atoms with Gasteiger partial charge < -0.3 is 11.1 Å². The molecule has 0 atom stereocenters. The van der Waals surface area contributed by atoms with Gasteiger partial charge in [0.1, 0.15) is 0 Å². The lowest BCUT2D eigenvalue weighted by molar-refractivity contribution is 0.0949. The molecular weight excluding hydrogens is 280 g/mol. The summed E-state index contributed by atoms with van der Waals surface area (Å²) < 4.78 is 0.127. The maximum absolute atomic E-state index is 12.2. The van der Waals surface area contributed by atoms with Crippen LogP contribution in [0.2, 0.25) is 0 Å². The number of nitrogens with one attached hydrogen (secondary N) is 1. The Morgan fingerprint density at radius 1 is 1.29 bits per heavy atom. The first kappa shape index (κ1) is 17.6. The zero-order chi connectivity index (χ0) is 15.7. The van der Waals surface area contributed by atoms with Gasteiger partial charge in [0.15, 0.2) is 0 Å². The molecule has 3 nitrogen and oxygen atoms in total. The quantitative estimate of drug-likeness (QED) is 0.794. The Morgan fingerprint density at radius 3 is 2.38 bits per heavy atom. The minimum absolute atomic E-state index is 0.0336. The van der Waals surface area contributed by atoms with Gasteiger partial charge in [-0.05, 0) is 43.4 Å². The predicted molar refractivity (Wildman–Crippen MR) is 91.5 cm³/mol. The molecule has 0 saturated heterocycles. The summed E-state index contributed by atoms with van der Waals surface area (Å²) in [5, 5.41) is 3.04. The second-order valence-electron chi connectivity index (χ2n) is 4.86. The smallest absolute Gasteiger partial charge is 0.251 e. The first-order chi connectivity index (χ1) is 10.1. The predicted octanol–water partition coefficient (Wildman–Crippen LogP) is 2.65. The van der Waals surface area contributed by atoms with Gasteiger partial charge in [0.25, 0.3) is 5.91 Å². The second-order valence-corrected chi connectivity index (χ2v) is 6.13. The van der Waals surface area contributed by atoms with E-state index in [9.17, 15) is 4.79 Å². The van der Waals surface area contributed by atoms with Crippen molar-refractivity contribution in [2.45, 2.75) is 31.4 Å². The highest BCUT2D eigenvalue weighted by molar-refractivity contribution is 8.00. The fraction of sp³-hybridized carbons (Fsp3) is 0.471. The van der Waals surface area contributed by atoms with Gasteiger partial charge in [0, 0.05) is 22.4 Å². The Bertz CT molecular complexity index is 502. The summed E-state index contributed by atoms with van der Waals surface area (Å²) in [6, 6.07) is 7.29. The number of rotatable bonds is 6. The van der Waals surface area contributed by atoms with Gasteiger partial charge >= 0.3 is 0 Å². The molecule has 0 bridgehead atoms. The SMILES string of the molecule is CCC(CC)(CNC(=O)c1ccc(C#CCN)cc1)SC. The van der Waals surface area contributed by atoms with E-state index in [1.807, 2.05) is 23.9 Å². The molecule has 0 aliphatic carbocycles. The van der Waals surface area contributed by atoms with Crippen molar-refractivity contribution < 1.29 is 4.79 Å². The molecule has 1 aromatic carbocycles. The van der Waals surface area contributed by atoms with E-state index in [2.05, 4.69) is 37.3 Å². The van der Waals surface area contributed by atoms with Gasteiger partial charge in [0.2, 0.25) is 0 Å². The summed E-state index contributed by atoms with van der Waals surface area (Å²) in [6.07, 6.45) is 4.18. The van der Waals surface area contributed by atoms with Gasteiger partial charge in [-0.25, -0.2) is 0 Å². The second kappa shape index (κ2) is 8.76. The highest BCUT2D eigenvalue weighted by Crippen LogP contribution is 2.29. The molecular formula is C17H24N2OS. The Balaban J connectivity index is 2.67. The Hall–Kier alpha value is -1.44. The first-order valence-corrected chi connectivity index (χ1v) is 8.45. The van der Waals surface area contributed by atoms with E-state index in [-0.39, 0.29) is 10.7 Å². The number of hydrogen-bond donors (Lipinski definition) is 2. The van der Waals surface area contributed by atoms with E-state index in [0.29, 0.717) is 18.7 Å². The van der Waals surface area contributed by atoms with Gasteiger partial charge in [-0.1, -0.05) is 25.7 Å². The molecule has 1 amide bonds. The summed E-state index contributed by atoms with van der Waals surface area (Å²) in [6.45, 7) is 5.36. The van der Waals surface area contributed by atoms with Crippen molar-refractivity contribution in [2.24, 2.45) is 5.73 Å². The normalized spacial score (nSPS) is 10.7. The van der Waals surface area contributed by atoms with Crippen LogP contribution in [0.4, 0.5) is 0 Å². The highest BCUT2D eigenvalue weighted by Gasteiger charge is 2.25. The molecule has 0 unspecified atom stereocenters. The lowest BCUT2D eigenvalue weighted by atomic mass is 10.0. The molecule has 21 heavy (non-hydrogen) atoms. The van der Waals surface area contributed by atoms with Crippen LogP contribution in [0.25, 0.3) is 0 Å². The average Bonchev–Trinajstić information content (AvgIpc) is 2.55. The Morgan fingerprint density at radius 2 is 1.90 bits per heavy atom. The number of carbonyl (C=O) groups excluding carboxylic acids is 1. The first-order valence-electron chi connectivity index (χ1n) is 7.23. The molecule has 0 radical (unpaired) electrons. The third kappa shape index (κ3) is 5.11. The van der Waals surface area contributed by atoms with E-state index in [1.165, 1.54) is 0 Å². The molecule has 114 valence electrons. The van der Waals surface area contributed by atoms with E-state index in [4.69, 9.17) is 5.73 Å². The number of carbonyl (C=O) groups is 1. The fourth-order valence-corrected chi connectivity index (χ4v) is 2.86. The number of benzene rings is 1. The van der Waals surface area contributed by atoms with E-state index >= 15 is 0 Å². The van der Waals surface area contributed by atoms with Crippen molar-refractivity contribution >= 4 is 17.7 Å². The number of hydrogen-bond acceptors (Lipinski definition) is 3. The molecule has 1 aromatic rings. The van der Waals surface area contributed by atoms with Crippen molar-refractivity contribution in [2.75, 3.05) is 19.3 Å². The highest BCUT2D eigenvalue weighted by atomic mass is 32.2. The van der Waals surface area contributed by atoms with Crippen LogP contribution in [0, 0.1) is 11.8 Å². The summed E-state index contributed by atoms with van der Waals surface area (Å²) in [5.41, 5.74) is 6.87. The van der Waals surface area contributed by atoms with Crippen LogP contribution in [0.15, 0.2) is 24.3 Å². The minimum atomic E-state index is -0.0336. The lowest BCUT2D eigenvalue weighted by Crippen LogP contribution is -2.39. The zero-order valence-electron chi connectivity index (χ0n) is 13.0. The Kier molecular flexibility index (Phi) is 7.35. The van der Waals surface area contributed by atoms with E-state index in [0.717, 1.165) is 18.4 Å². The van der Waals surface area contributed by atoms with Crippen LogP contribution in [0.3, 0.4) is 0 Å². The largest absolute Gasteiger partial charge is 0.351 e. The zero-order valence-corrected chi connectivity index (χ0v) is 13.8. The van der Waals surface area contributed by atoms with Crippen LogP contribution in [0.5, 0.6) is 0 Å². The molecule has 0 saturated carbocycles. The summed E-state index contributed by atoms with van der Waals surface area (Å²) in [7, 11) is 0. The summed E-state index contributed by atoms with van der Waals surface area (Å²) >= 11 is 1.82. The maximum atomic E-state index is 12.2. The van der Waals surface area contributed by atoms with E-state index < -0.39 is 0 Å². The monoisotopic (exact) mass is 304 g/mol. The van der Waals surface area contributed by atoms with Crippen LogP contribution in [0.1, 0.15) is 42.6 Å². The molecule has 0 heterocycles. The van der Waals surface area contributed by atoms with Crippen LogP contribution < -0.4 is 11.1 Å². The van der Waals surface area contributed by atoms with Gasteiger partial charge in [-0.2, -0.15) is 11.8 Å². The van der Waals surface area contributed by atoms with Crippen molar-refractivity contribution in [3.8, 4) is 11.8 Å². The van der Waals surface area contributed by atoms with Crippen molar-refractivity contribution in [3.63, 3.8) is 0 Å². The van der Waals surface area contributed by atoms with Crippen molar-refractivity contribution in [1.29, 1.82) is 0 Å². The van der Waals surface area contributed by atoms with Crippen LogP contribution >= 0.6 is 11.8 Å².